The number of benzene rings is 2. The number of amides is 1. The molecule has 0 fully saturated rings. The summed E-state index contributed by atoms with van der Waals surface area (Å²) in [7, 11) is 0. The van der Waals surface area contributed by atoms with Crippen LogP contribution in [0.4, 0.5) is 28.8 Å². The van der Waals surface area contributed by atoms with Gasteiger partial charge in [0.2, 0.25) is 11.9 Å². The standard InChI is InChI=1S/C22H23N5O/c1-15-13-21(25-19-10-5-9-18(14-19)24-16(2)28)26-22(23-15)27-12-6-8-17-7-3-4-11-20(17)27/h3-5,7,9-11,13-14H,6,8,12H2,1-2H3,(H,24,28)(H,23,25,26). The van der Waals surface area contributed by atoms with E-state index in [9.17, 15) is 4.79 Å². The maximum absolute atomic E-state index is 11.3. The number of carbonyl (C=O) groups is 1. The molecule has 2 aromatic carbocycles. The van der Waals surface area contributed by atoms with Crippen molar-refractivity contribution < 1.29 is 4.79 Å². The van der Waals surface area contributed by atoms with E-state index in [-0.39, 0.29) is 5.91 Å². The smallest absolute Gasteiger partial charge is 0.232 e. The highest BCUT2D eigenvalue weighted by Gasteiger charge is 2.20. The van der Waals surface area contributed by atoms with E-state index in [2.05, 4.69) is 44.8 Å². The summed E-state index contributed by atoms with van der Waals surface area (Å²) >= 11 is 0. The van der Waals surface area contributed by atoms with E-state index in [0.29, 0.717) is 5.95 Å². The second-order valence-corrected chi connectivity index (χ2v) is 6.97. The van der Waals surface area contributed by atoms with Crippen LogP contribution in [-0.4, -0.2) is 22.4 Å². The van der Waals surface area contributed by atoms with Gasteiger partial charge in [-0.15, -0.1) is 0 Å². The van der Waals surface area contributed by atoms with Gasteiger partial charge < -0.3 is 15.5 Å². The molecule has 28 heavy (non-hydrogen) atoms. The molecule has 2 heterocycles. The molecule has 6 heteroatoms. The average Bonchev–Trinajstić information content (AvgIpc) is 2.67. The van der Waals surface area contributed by atoms with Gasteiger partial charge in [-0.1, -0.05) is 24.3 Å². The Kier molecular flexibility index (Phi) is 4.93. The lowest BCUT2D eigenvalue weighted by Gasteiger charge is -2.29. The quantitative estimate of drug-likeness (QED) is 0.701. The molecule has 0 saturated heterocycles. The normalized spacial score (nSPS) is 13.0. The molecular formula is C22H23N5O. The van der Waals surface area contributed by atoms with Crippen molar-refractivity contribution >= 4 is 34.7 Å². The molecule has 0 spiro atoms. The molecule has 0 aliphatic carbocycles. The van der Waals surface area contributed by atoms with Gasteiger partial charge >= 0.3 is 0 Å². The molecule has 2 N–H and O–H groups in total. The van der Waals surface area contributed by atoms with Gasteiger partial charge in [0.1, 0.15) is 5.82 Å². The van der Waals surface area contributed by atoms with Crippen LogP contribution in [0.3, 0.4) is 0 Å². The zero-order valence-electron chi connectivity index (χ0n) is 16.1. The second-order valence-electron chi connectivity index (χ2n) is 6.97. The monoisotopic (exact) mass is 373 g/mol. The van der Waals surface area contributed by atoms with E-state index in [1.165, 1.54) is 18.2 Å². The van der Waals surface area contributed by atoms with E-state index in [1.807, 2.05) is 37.3 Å². The zero-order valence-corrected chi connectivity index (χ0v) is 16.1. The van der Waals surface area contributed by atoms with Crippen molar-refractivity contribution in [2.24, 2.45) is 0 Å². The number of anilines is 5. The Balaban J connectivity index is 1.63. The number of hydrogen-bond donors (Lipinski definition) is 2. The Morgan fingerprint density at radius 2 is 1.86 bits per heavy atom. The third kappa shape index (κ3) is 3.96. The predicted molar refractivity (Wildman–Crippen MR) is 113 cm³/mol. The summed E-state index contributed by atoms with van der Waals surface area (Å²) in [6.45, 7) is 4.37. The molecule has 6 nitrogen and oxygen atoms in total. The van der Waals surface area contributed by atoms with Crippen LogP contribution in [0.1, 0.15) is 24.6 Å². The molecule has 1 amide bonds. The molecule has 3 aromatic rings. The number of aryl methyl sites for hydroxylation is 2. The van der Waals surface area contributed by atoms with Crippen LogP contribution in [0, 0.1) is 6.92 Å². The Morgan fingerprint density at radius 3 is 2.71 bits per heavy atom. The first kappa shape index (κ1) is 18.0. The van der Waals surface area contributed by atoms with E-state index < -0.39 is 0 Å². The van der Waals surface area contributed by atoms with E-state index >= 15 is 0 Å². The SMILES string of the molecule is CC(=O)Nc1cccc(Nc2cc(C)nc(N3CCCc4ccccc43)n2)c1. The topological polar surface area (TPSA) is 70.2 Å². The number of nitrogens with one attached hydrogen (secondary N) is 2. The molecule has 1 aliphatic rings. The number of aromatic nitrogens is 2. The summed E-state index contributed by atoms with van der Waals surface area (Å²) in [6, 6.07) is 17.9. The first-order valence-electron chi connectivity index (χ1n) is 9.44. The molecule has 1 aliphatic heterocycles. The molecule has 0 radical (unpaired) electrons. The maximum Gasteiger partial charge on any atom is 0.232 e. The molecular weight excluding hydrogens is 350 g/mol. The van der Waals surface area contributed by atoms with Gasteiger partial charge in [0.25, 0.3) is 0 Å². The first-order chi connectivity index (χ1) is 13.6. The molecule has 142 valence electrons. The zero-order chi connectivity index (χ0) is 19.5. The number of carbonyl (C=O) groups excluding carboxylic acids is 1. The highest BCUT2D eigenvalue weighted by molar-refractivity contribution is 5.89. The van der Waals surface area contributed by atoms with Crippen molar-refractivity contribution in [3.63, 3.8) is 0 Å². The Bertz CT molecular complexity index is 1020. The highest BCUT2D eigenvalue weighted by Crippen LogP contribution is 2.32. The van der Waals surface area contributed by atoms with Crippen LogP contribution in [0.15, 0.2) is 54.6 Å². The lowest BCUT2D eigenvalue weighted by molar-refractivity contribution is -0.114. The Hall–Kier alpha value is -3.41. The Morgan fingerprint density at radius 1 is 1.04 bits per heavy atom. The van der Waals surface area contributed by atoms with Crippen molar-refractivity contribution in [3.8, 4) is 0 Å². The van der Waals surface area contributed by atoms with Gasteiger partial charge in [-0.25, -0.2) is 4.98 Å². The van der Waals surface area contributed by atoms with Crippen molar-refractivity contribution in [1.82, 2.24) is 9.97 Å². The predicted octanol–water partition coefficient (Wildman–Crippen LogP) is 4.57. The molecule has 0 saturated carbocycles. The molecule has 0 bridgehead atoms. The van der Waals surface area contributed by atoms with Crippen molar-refractivity contribution in [2.75, 3.05) is 22.1 Å². The number of rotatable bonds is 4. The van der Waals surface area contributed by atoms with Gasteiger partial charge in [0, 0.05) is 42.3 Å². The molecule has 4 rings (SSSR count). The minimum atomic E-state index is -0.0962. The minimum Gasteiger partial charge on any atom is -0.340 e. The van der Waals surface area contributed by atoms with Gasteiger partial charge in [0.05, 0.1) is 0 Å². The largest absolute Gasteiger partial charge is 0.340 e. The number of hydrogen-bond acceptors (Lipinski definition) is 5. The van der Waals surface area contributed by atoms with Gasteiger partial charge in [-0.2, -0.15) is 4.98 Å². The van der Waals surface area contributed by atoms with Gasteiger partial charge in [0.15, 0.2) is 0 Å². The third-order valence-corrected chi connectivity index (χ3v) is 4.65. The summed E-state index contributed by atoms with van der Waals surface area (Å²) in [5.41, 5.74) is 5.01. The summed E-state index contributed by atoms with van der Waals surface area (Å²) < 4.78 is 0. The summed E-state index contributed by atoms with van der Waals surface area (Å²) in [5.74, 6) is 1.33. The average molecular weight is 373 g/mol. The fraction of sp³-hybridized carbons (Fsp3) is 0.227. The van der Waals surface area contributed by atoms with Crippen LogP contribution in [-0.2, 0) is 11.2 Å². The maximum atomic E-state index is 11.3. The molecule has 0 atom stereocenters. The van der Waals surface area contributed by atoms with Gasteiger partial charge in [-0.05, 0) is 49.6 Å². The summed E-state index contributed by atoms with van der Waals surface area (Å²) in [4.78, 5) is 22.9. The Labute approximate surface area is 164 Å². The minimum absolute atomic E-state index is 0.0962. The number of fused-ring (bicyclic) bond motifs is 1. The number of para-hydroxylation sites is 1. The van der Waals surface area contributed by atoms with Crippen molar-refractivity contribution in [2.45, 2.75) is 26.7 Å². The molecule has 0 unspecified atom stereocenters. The van der Waals surface area contributed by atoms with Crippen LogP contribution in [0.5, 0.6) is 0 Å². The van der Waals surface area contributed by atoms with E-state index in [0.717, 1.165) is 42.3 Å². The van der Waals surface area contributed by atoms with Crippen molar-refractivity contribution in [3.05, 3.63) is 65.9 Å². The van der Waals surface area contributed by atoms with Crippen LogP contribution >= 0.6 is 0 Å². The molecule has 1 aromatic heterocycles. The second kappa shape index (κ2) is 7.68. The van der Waals surface area contributed by atoms with Crippen LogP contribution in [0.25, 0.3) is 0 Å². The fourth-order valence-electron chi connectivity index (χ4n) is 3.50. The lowest BCUT2D eigenvalue weighted by atomic mass is 10.0. The fourth-order valence-corrected chi connectivity index (χ4v) is 3.50. The lowest BCUT2D eigenvalue weighted by Crippen LogP contribution is -2.26. The van der Waals surface area contributed by atoms with E-state index in [4.69, 9.17) is 4.98 Å². The van der Waals surface area contributed by atoms with E-state index in [1.54, 1.807) is 0 Å². The van der Waals surface area contributed by atoms with Crippen LogP contribution < -0.4 is 15.5 Å². The highest BCUT2D eigenvalue weighted by atomic mass is 16.1. The van der Waals surface area contributed by atoms with Crippen LogP contribution in [0.2, 0.25) is 0 Å². The summed E-state index contributed by atoms with van der Waals surface area (Å²) in [5, 5.41) is 6.13. The number of nitrogens with zero attached hydrogens (tertiary/aromatic N) is 3. The third-order valence-electron chi connectivity index (χ3n) is 4.65. The van der Waals surface area contributed by atoms with Gasteiger partial charge in [-0.3, -0.25) is 4.79 Å². The summed E-state index contributed by atoms with van der Waals surface area (Å²) in [6.07, 6.45) is 2.16. The van der Waals surface area contributed by atoms with Crippen molar-refractivity contribution in [1.29, 1.82) is 0 Å². The first-order valence-corrected chi connectivity index (χ1v) is 9.44.